The molecule has 0 saturated heterocycles. The van der Waals surface area contributed by atoms with Crippen molar-refractivity contribution in [3.8, 4) is 17.1 Å². The van der Waals surface area contributed by atoms with Crippen LogP contribution in [0.15, 0.2) is 83.1 Å². The zero-order valence-corrected chi connectivity index (χ0v) is 22.1. The summed E-state index contributed by atoms with van der Waals surface area (Å²) in [6.07, 6.45) is 1.64. The molecule has 4 rings (SSSR count). The fourth-order valence-corrected chi connectivity index (χ4v) is 4.43. The summed E-state index contributed by atoms with van der Waals surface area (Å²) >= 11 is 1.33. The van der Waals surface area contributed by atoms with Gasteiger partial charge in [-0.1, -0.05) is 104 Å². The van der Waals surface area contributed by atoms with Gasteiger partial charge in [0.1, 0.15) is 0 Å². The van der Waals surface area contributed by atoms with Gasteiger partial charge in [0.25, 0.3) is 5.91 Å². The number of aromatic nitrogens is 3. The van der Waals surface area contributed by atoms with E-state index < -0.39 is 0 Å². The molecule has 0 unspecified atom stereocenters. The van der Waals surface area contributed by atoms with Crippen LogP contribution in [-0.2, 0) is 10.2 Å². The van der Waals surface area contributed by atoms with E-state index in [-0.39, 0.29) is 17.1 Å². The van der Waals surface area contributed by atoms with E-state index in [1.54, 1.807) is 6.21 Å². The summed E-state index contributed by atoms with van der Waals surface area (Å²) in [5.74, 6) is 0.691. The molecule has 1 heterocycles. The molecule has 6 nitrogen and oxygen atoms in total. The van der Waals surface area contributed by atoms with Gasteiger partial charge in [0, 0.05) is 11.3 Å². The summed E-state index contributed by atoms with van der Waals surface area (Å²) in [7, 11) is 0. The molecule has 1 N–H and O–H groups in total. The number of nitrogens with one attached hydrogen (secondary N) is 1. The van der Waals surface area contributed by atoms with Crippen LogP contribution < -0.4 is 5.43 Å². The van der Waals surface area contributed by atoms with E-state index in [2.05, 4.69) is 84.8 Å². The van der Waals surface area contributed by atoms with Gasteiger partial charge in [0.05, 0.1) is 12.0 Å². The van der Waals surface area contributed by atoms with Crippen molar-refractivity contribution in [2.75, 3.05) is 5.75 Å². The highest BCUT2D eigenvalue weighted by atomic mass is 32.2. The second-order valence-corrected chi connectivity index (χ2v) is 10.7. The number of hydrogen-bond acceptors (Lipinski definition) is 5. The lowest BCUT2D eigenvalue weighted by Crippen LogP contribution is -2.20. The minimum absolute atomic E-state index is 0.0688. The molecule has 7 heteroatoms. The van der Waals surface area contributed by atoms with Gasteiger partial charge in [-0.3, -0.25) is 9.36 Å². The van der Waals surface area contributed by atoms with E-state index in [0.29, 0.717) is 5.16 Å². The number of carbonyl (C=O) groups is 1. The Morgan fingerprint density at radius 1 is 0.972 bits per heavy atom. The Labute approximate surface area is 216 Å². The molecule has 0 radical (unpaired) electrons. The first-order valence-corrected chi connectivity index (χ1v) is 12.8. The van der Waals surface area contributed by atoms with Crippen LogP contribution in [0.4, 0.5) is 0 Å². The molecule has 1 amide bonds. The minimum atomic E-state index is -0.210. The zero-order chi connectivity index (χ0) is 25.7. The number of hydrazone groups is 1. The molecule has 3 aromatic carbocycles. The lowest BCUT2D eigenvalue weighted by atomic mass is 9.87. The van der Waals surface area contributed by atoms with Gasteiger partial charge >= 0.3 is 0 Å². The van der Waals surface area contributed by atoms with Crippen molar-refractivity contribution in [2.24, 2.45) is 5.10 Å². The quantitative estimate of drug-likeness (QED) is 0.190. The monoisotopic (exact) mass is 497 g/mol. The van der Waals surface area contributed by atoms with Gasteiger partial charge in [-0.25, -0.2) is 5.43 Å². The van der Waals surface area contributed by atoms with E-state index in [0.717, 1.165) is 28.2 Å². The maximum absolute atomic E-state index is 12.5. The third kappa shape index (κ3) is 6.29. The Bertz CT molecular complexity index is 1370. The second-order valence-electron chi connectivity index (χ2n) is 9.80. The van der Waals surface area contributed by atoms with Gasteiger partial charge in [-0.2, -0.15) is 5.10 Å². The second kappa shape index (κ2) is 10.9. The third-order valence-electron chi connectivity index (χ3n) is 5.71. The summed E-state index contributed by atoms with van der Waals surface area (Å²) in [5, 5.41) is 13.7. The van der Waals surface area contributed by atoms with Crippen molar-refractivity contribution in [1.29, 1.82) is 0 Å². The molecule has 0 spiro atoms. The average Bonchev–Trinajstić information content (AvgIpc) is 3.27. The predicted molar refractivity (Wildman–Crippen MR) is 148 cm³/mol. The molecule has 184 valence electrons. The topological polar surface area (TPSA) is 72.2 Å². The standard InChI is InChI=1S/C29H31N5OS/c1-20-9-15-25(16-10-20)34-27(23-11-13-24(14-12-23)29(3,4)5)32-33-28(34)36-19-26(35)31-30-18-22-8-6-7-21(2)17-22/h6-18H,19H2,1-5H3,(H,31,35). The fourth-order valence-electron chi connectivity index (χ4n) is 3.69. The molecular weight excluding hydrogens is 466 g/mol. The van der Waals surface area contributed by atoms with Crippen LogP contribution in [0.2, 0.25) is 0 Å². The summed E-state index contributed by atoms with van der Waals surface area (Å²) < 4.78 is 2.00. The first-order valence-electron chi connectivity index (χ1n) is 11.9. The molecule has 0 bridgehead atoms. The van der Waals surface area contributed by atoms with E-state index in [9.17, 15) is 4.79 Å². The van der Waals surface area contributed by atoms with Crippen LogP contribution in [0.25, 0.3) is 17.1 Å². The lowest BCUT2D eigenvalue weighted by molar-refractivity contribution is -0.118. The number of thioether (sulfide) groups is 1. The number of benzene rings is 3. The van der Waals surface area contributed by atoms with Crippen LogP contribution in [0.3, 0.4) is 0 Å². The Balaban J connectivity index is 1.54. The molecule has 36 heavy (non-hydrogen) atoms. The van der Waals surface area contributed by atoms with Crippen molar-refractivity contribution in [2.45, 2.75) is 45.2 Å². The van der Waals surface area contributed by atoms with Gasteiger partial charge in [0.15, 0.2) is 11.0 Å². The molecule has 0 aliphatic heterocycles. The normalized spacial score (nSPS) is 11.7. The highest BCUT2D eigenvalue weighted by molar-refractivity contribution is 7.99. The zero-order valence-electron chi connectivity index (χ0n) is 21.3. The molecule has 1 aromatic heterocycles. The SMILES string of the molecule is Cc1ccc(-n2c(SCC(=O)NN=Cc3cccc(C)c3)nnc2-c2ccc(C(C)(C)C)cc2)cc1. The summed E-state index contributed by atoms with van der Waals surface area (Å²) in [6.45, 7) is 10.7. The third-order valence-corrected chi connectivity index (χ3v) is 6.64. The number of hydrogen-bond donors (Lipinski definition) is 1. The first kappa shape index (κ1) is 25.4. The molecule has 0 aliphatic rings. The van der Waals surface area contributed by atoms with Gasteiger partial charge < -0.3 is 0 Å². The van der Waals surface area contributed by atoms with E-state index in [4.69, 9.17) is 0 Å². The molecular formula is C29H31N5OS. The van der Waals surface area contributed by atoms with Crippen molar-refractivity contribution in [3.63, 3.8) is 0 Å². The Hall–Kier alpha value is -3.71. The summed E-state index contributed by atoms with van der Waals surface area (Å²) in [4.78, 5) is 12.5. The first-order chi connectivity index (χ1) is 17.2. The number of nitrogens with zero attached hydrogens (tertiary/aromatic N) is 4. The minimum Gasteiger partial charge on any atom is -0.272 e. The maximum Gasteiger partial charge on any atom is 0.250 e. The molecule has 4 aromatic rings. The number of aryl methyl sites for hydroxylation is 2. The number of carbonyl (C=O) groups excluding carboxylic acids is 1. The summed E-state index contributed by atoms with van der Waals surface area (Å²) in [5.41, 5.74) is 9.08. The highest BCUT2D eigenvalue weighted by Gasteiger charge is 2.19. The highest BCUT2D eigenvalue weighted by Crippen LogP contribution is 2.30. The maximum atomic E-state index is 12.5. The van der Waals surface area contributed by atoms with Crippen LogP contribution in [0.5, 0.6) is 0 Å². The number of rotatable bonds is 7. The largest absolute Gasteiger partial charge is 0.272 e. The van der Waals surface area contributed by atoms with Crippen LogP contribution in [-0.4, -0.2) is 32.6 Å². The Kier molecular flexibility index (Phi) is 7.70. The number of amides is 1. The van der Waals surface area contributed by atoms with E-state index >= 15 is 0 Å². The van der Waals surface area contributed by atoms with E-state index in [1.807, 2.05) is 47.9 Å². The fraction of sp³-hybridized carbons (Fsp3) is 0.241. The van der Waals surface area contributed by atoms with Crippen molar-refractivity contribution >= 4 is 23.9 Å². The molecule has 0 saturated carbocycles. The van der Waals surface area contributed by atoms with Crippen molar-refractivity contribution in [1.82, 2.24) is 20.2 Å². The Morgan fingerprint density at radius 2 is 1.69 bits per heavy atom. The Morgan fingerprint density at radius 3 is 2.36 bits per heavy atom. The summed E-state index contributed by atoms with van der Waals surface area (Å²) in [6, 6.07) is 24.6. The molecule has 0 atom stereocenters. The van der Waals surface area contributed by atoms with Crippen molar-refractivity contribution < 1.29 is 4.79 Å². The molecule has 0 fully saturated rings. The van der Waals surface area contributed by atoms with Gasteiger partial charge in [-0.15, -0.1) is 10.2 Å². The molecule has 0 aliphatic carbocycles. The van der Waals surface area contributed by atoms with Crippen LogP contribution in [0.1, 0.15) is 43.0 Å². The average molecular weight is 498 g/mol. The van der Waals surface area contributed by atoms with Crippen LogP contribution >= 0.6 is 11.8 Å². The lowest BCUT2D eigenvalue weighted by Gasteiger charge is -2.19. The smallest absolute Gasteiger partial charge is 0.250 e. The van der Waals surface area contributed by atoms with Crippen LogP contribution in [0, 0.1) is 13.8 Å². The van der Waals surface area contributed by atoms with E-state index in [1.165, 1.54) is 22.9 Å². The van der Waals surface area contributed by atoms with Gasteiger partial charge in [-0.05, 0) is 42.5 Å². The van der Waals surface area contributed by atoms with Gasteiger partial charge in [0.2, 0.25) is 0 Å². The van der Waals surface area contributed by atoms with Crippen molar-refractivity contribution in [3.05, 3.63) is 95.1 Å². The predicted octanol–water partition coefficient (Wildman–Crippen LogP) is 6.09.